The highest BCUT2D eigenvalue weighted by atomic mass is 35.5. The van der Waals surface area contributed by atoms with Crippen LogP contribution in [0.5, 0.6) is 5.75 Å². The molecule has 13 heteroatoms. The number of carbonyl (C=O) groups excluding carboxylic acids is 1. The van der Waals surface area contributed by atoms with E-state index in [0.717, 1.165) is 25.0 Å². The molecule has 1 saturated carbocycles. The van der Waals surface area contributed by atoms with E-state index in [2.05, 4.69) is 0 Å². The minimum atomic E-state index is -4.65. The Morgan fingerprint density at radius 3 is 2.34 bits per heavy atom. The number of alkyl halides is 3. The highest BCUT2D eigenvalue weighted by Crippen LogP contribution is 2.45. The Hall–Kier alpha value is -3.22. The Kier molecular flexibility index (Phi) is 10.6. The van der Waals surface area contributed by atoms with E-state index in [1.165, 1.54) is 19.1 Å². The minimum Gasteiger partial charge on any atom is -0.493 e. The maximum atomic E-state index is 15.3. The van der Waals surface area contributed by atoms with E-state index in [1.807, 2.05) is 4.90 Å². The van der Waals surface area contributed by atoms with Crippen molar-refractivity contribution in [2.24, 2.45) is 5.92 Å². The lowest BCUT2D eigenvalue weighted by molar-refractivity contribution is -0.142. The van der Waals surface area contributed by atoms with Crippen molar-refractivity contribution in [1.82, 2.24) is 9.80 Å². The van der Waals surface area contributed by atoms with Crippen LogP contribution in [0.1, 0.15) is 72.5 Å². The molecule has 2 aromatic carbocycles. The summed E-state index contributed by atoms with van der Waals surface area (Å²) in [6.45, 7) is 3.33. The van der Waals surface area contributed by atoms with Gasteiger partial charge in [-0.15, -0.1) is 0 Å². The van der Waals surface area contributed by atoms with E-state index in [4.69, 9.17) is 16.3 Å². The number of piperidine rings is 1. The standard InChI is InChI=1S/C31H34ClF5N2O5/c1-3-17(2)28(30(42)43)39(16-40)29(41)23-12-22(19-4-5-19)26(13-25(23)33)44-15-18-6-8-38(9-7-18)14-20-10-21(31(35,36)37)11-24(32)27(20)34/h3,10-13,18-19,28,40H,4-9,14-16H2,1-2H3,(H,42,43)/b17-3+/t28-/m0/s1. The summed E-state index contributed by atoms with van der Waals surface area (Å²) in [5, 5.41) is 18.9. The summed E-state index contributed by atoms with van der Waals surface area (Å²) in [6.07, 6.45) is -0.309. The second-order valence-corrected chi connectivity index (χ2v) is 11.7. The molecule has 1 heterocycles. The van der Waals surface area contributed by atoms with Crippen molar-refractivity contribution in [3.8, 4) is 5.75 Å². The summed E-state index contributed by atoms with van der Waals surface area (Å²) in [4.78, 5) is 27.6. The molecule has 0 unspecified atom stereocenters. The number of carbonyl (C=O) groups is 2. The average Bonchev–Trinajstić information content (AvgIpc) is 3.82. The second-order valence-electron chi connectivity index (χ2n) is 11.3. The lowest BCUT2D eigenvalue weighted by Gasteiger charge is -2.32. The molecule has 2 aromatic rings. The summed E-state index contributed by atoms with van der Waals surface area (Å²) in [6, 6.07) is 2.37. The van der Waals surface area contributed by atoms with Crippen LogP contribution in [-0.4, -0.2) is 64.4 Å². The van der Waals surface area contributed by atoms with Crippen LogP contribution in [0, 0.1) is 17.6 Å². The fourth-order valence-electron chi connectivity index (χ4n) is 5.41. The minimum absolute atomic E-state index is 0.0310. The first-order valence-electron chi connectivity index (χ1n) is 14.3. The van der Waals surface area contributed by atoms with Crippen molar-refractivity contribution >= 4 is 23.5 Å². The Balaban J connectivity index is 1.42. The van der Waals surface area contributed by atoms with Crippen molar-refractivity contribution in [3.05, 3.63) is 74.8 Å². The maximum absolute atomic E-state index is 15.3. The van der Waals surface area contributed by atoms with Crippen LogP contribution in [0.2, 0.25) is 5.02 Å². The third kappa shape index (κ3) is 7.70. The van der Waals surface area contributed by atoms with Crippen LogP contribution in [0.15, 0.2) is 35.9 Å². The number of hydrogen-bond acceptors (Lipinski definition) is 5. The molecule has 1 aliphatic carbocycles. The van der Waals surface area contributed by atoms with Gasteiger partial charge in [-0.1, -0.05) is 17.7 Å². The van der Waals surface area contributed by atoms with Crippen molar-refractivity contribution < 1.29 is 46.5 Å². The summed E-state index contributed by atoms with van der Waals surface area (Å²) in [5.41, 5.74) is -0.575. The van der Waals surface area contributed by atoms with Gasteiger partial charge < -0.3 is 14.9 Å². The molecule has 0 bridgehead atoms. The van der Waals surface area contributed by atoms with Gasteiger partial charge in [0.25, 0.3) is 5.91 Å². The van der Waals surface area contributed by atoms with Crippen LogP contribution in [0.25, 0.3) is 0 Å². The van der Waals surface area contributed by atoms with Gasteiger partial charge in [0.15, 0.2) is 6.04 Å². The normalized spacial score (nSPS) is 17.4. The summed E-state index contributed by atoms with van der Waals surface area (Å²) < 4.78 is 75.3. The number of nitrogens with zero attached hydrogens (tertiary/aromatic N) is 2. The molecule has 1 atom stereocenters. The predicted molar refractivity (Wildman–Crippen MR) is 152 cm³/mol. The van der Waals surface area contributed by atoms with Gasteiger partial charge in [-0.2, -0.15) is 13.2 Å². The molecule has 1 aliphatic heterocycles. The van der Waals surface area contributed by atoms with E-state index in [1.54, 1.807) is 6.92 Å². The van der Waals surface area contributed by atoms with Crippen molar-refractivity contribution in [2.75, 3.05) is 26.4 Å². The SMILES string of the molecule is C/C=C(\C)[C@@H](C(=O)O)N(CO)C(=O)c1cc(C2CC2)c(OCC2CCN(Cc3cc(C(F)(F)F)cc(Cl)c3F)CC2)cc1F. The fourth-order valence-corrected chi connectivity index (χ4v) is 5.65. The molecule has 2 aliphatic rings. The zero-order chi connectivity index (χ0) is 32.3. The number of benzene rings is 2. The van der Waals surface area contributed by atoms with Crippen LogP contribution in [0.3, 0.4) is 0 Å². The Morgan fingerprint density at radius 2 is 1.80 bits per heavy atom. The lowest BCUT2D eigenvalue weighted by Crippen LogP contribution is -2.46. The topological polar surface area (TPSA) is 90.3 Å². The molecule has 0 aromatic heterocycles. The van der Waals surface area contributed by atoms with Gasteiger partial charge in [0.2, 0.25) is 0 Å². The Bertz CT molecular complexity index is 1420. The summed E-state index contributed by atoms with van der Waals surface area (Å²) in [7, 11) is 0. The van der Waals surface area contributed by atoms with Crippen molar-refractivity contribution in [1.29, 1.82) is 0 Å². The number of aliphatic carboxylic acids is 1. The lowest BCUT2D eigenvalue weighted by atomic mass is 9.97. The highest BCUT2D eigenvalue weighted by molar-refractivity contribution is 6.30. The number of halogens is 6. The van der Waals surface area contributed by atoms with Crippen molar-refractivity contribution in [2.45, 2.75) is 64.2 Å². The number of aliphatic hydroxyl groups is 1. The van der Waals surface area contributed by atoms with Crippen LogP contribution >= 0.6 is 11.6 Å². The highest BCUT2D eigenvalue weighted by Gasteiger charge is 2.36. The van der Waals surface area contributed by atoms with Crippen LogP contribution < -0.4 is 4.74 Å². The number of carboxylic acid groups (broad SMARTS) is 1. The van der Waals surface area contributed by atoms with Gasteiger partial charge in [0, 0.05) is 18.2 Å². The number of hydrogen-bond donors (Lipinski definition) is 2. The molecule has 0 radical (unpaired) electrons. The van der Waals surface area contributed by atoms with Gasteiger partial charge in [-0.05, 0) is 93.8 Å². The van der Waals surface area contributed by atoms with Gasteiger partial charge in [0.1, 0.15) is 24.1 Å². The van der Waals surface area contributed by atoms with E-state index < -0.39 is 53.0 Å². The van der Waals surface area contributed by atoms with Gasteiger partial charge in [-0.3, -0.25) is 14.6 Å². The number of amides is 1. The molecule has 0 spiro atoms. The molecule has 240 valence electrons. The molecule has 4 rings (SSSR count). The monoisotopic (exact) mass is 644 g/mol. The maximum Gasteiger partial charge on any atom is 0.416 e. The summed E-state index contributed by atoms with van der Waals surface area (Å²) >= 11 is 5.72. The molecule has 7 nitrogen and oxygen atoms in total. The number of likely N-dealkylation sites (tertiary alicyclic amines) is 1. The summed E-state index contributed by atoms with van der Waals surface area (Å²) in [5.74, 6) is -3.74. The molecule has 1 saturated heterocycles. The van der Waals surface area contributed by atoms with E-state index in [-0.39, 0.29) is 41.9 Å². The Labute approximate surface area is 256 Å². The van der Waals surface area contributed by atoms with E-state index in [9.17, 15) is 37.4 Å². The van der Waals surface area contributed by atoms with E-state index in [0.29, 0.717) is 48.0 Å². The average molecular weight is 645 g/mol. The molecule has 44 heavy (non-hydrogen) atoms. The molecule has 1 amide bonds. The van der Waals surface area contributed by atoms with E-state index >= 15 is 4.39 Å². The van der Waals surface area contributed by atoms with Crippen LogP contribution in [-0.2, 0) is 17.5 Å². The number of allylic oxidation sites excluding steroid dienone is 1. The van der Waals surface area contributed by atoms with Gasteiger partial charge in [-0.25, -0.2) is 13.6 Å². The van der Waals surface area contributed by atoms with Crippen molar-refractivity contribution in [3.63, 3.8) is 0 Å². The third-order valence-electron chi connectivity index (χ3n) is 8.20. The number of rotatable bonds is 11. The molecular formula is C31H34ClF5N2O5. The van der Waals surface area contributed by atoms with Gasteiger partial charge in [0.05, 0.1) is 22.8 Å². The Morgan fingerprint density at radius 1 is 1.14 bits per heavy atom. The van der Waals surface area contributed by atoms with Crippen LogP contribution in [0.4, 0.5) is 22.0 Å². The zero-order valence-corrected chi connectivity index (χ0v) is 25.0. The number of carboxylic acids is 1. The predicted octanol–water partition coefficient (Wildman–Crippen LogP) is 6.62. The third-order valence-corrected chi connectivity index (χ3v) is 8.47. The zero-order valence-electron chi connectivity index (χ0n) is 24.3. The molecule has 2 N–H and O–H groups in total. The van der Waals surface area contributed by atoms with Gasteiger partial charge >= 0.3 is 12.1 Å². The first-order valence-corrected chi connectivity index (χ1v) is 14.6. The number of ether oxygens (including phenoxy) is 1. The fraction of sp³-hybridized carbons (Fsp3) is 0.484. The quantitative estimate of drug-likeness (QED) is 0.162. The number of aliphatic hydroxyl groups excluding tert-OH is 1. The molecule has 2 fully saturated rings. The first-order chi connectivity index (χ1) is 20.7. The molecular weight excluding hydrogens is 611 g/mol. The largest absolute Gasteiger partial charge is 0.493 e. The first kappa shape index (κ1) is 33.7. The smallest absolute Gasteiger partial charge is 0.416 e. The second kappa shape index (κ2) is 13.8.